The SMILES string of the molecule is O=C(NCc1ccc2ccccc2c1)NC(CCCNC(=O)OCc1ccccc1)C(=O)O. The predicted molar refractivity (Wildman–Crippen MR) is 125 cm³/mol. The Balaban J connectivity index is 1.36. The number of rotatable bonds is 10. The Bertz CT molecular complexity index is 1090. The quantitative estimate of drug-likeness (QED) is 0.351. The zero-order valence-electron chi connectivity index (χ0n) is 18.1. The Hall–Kier alpha value is -4.07. The minimum atomic E-state index is -1.14. The van der Waals surface area contributed by atoms with Crippen molar-refractivity contribution in [3.05, 3.63) is 83.9 Å². The van der Waals surface area contributed by atoms with Crippen LogP contribution in [-0.2, 0) is 22.7 Å². The Kier molecular flexibility index (Phi) is 8.64. The monoisotopic (exact) mass is 449 g/mol. The normalized spacial score (nSPS) is 11.4. The molecule has 0 fully saturated rings. The first-order valence-electron chi connectivity index (χ1n) is 10.7. The van der Waals surface area contributed by atoms with E-state index in [0.717, 1.165) is 21.9 Å². The van der Waals surface area contributed by atoms with Gasteiger partial charge in [-0.15, -0.1) is 0 Å². The van der Waals surface area contributed by atoms with Crippen LogP contribution in [0.15, 0.2) is 72.8 Å². The molecule has 0 heterocycles. The molecular formula is C25H27N3O5. The Morgan fingerprint density at radius 3 is 2.33 bits per heavy atom. The maximum atomic E-state index is 12.2. The van der Waals surface area contributed by atoms with Crippen molar-refractivity contribution in [2.24, 2.45) is 0 Å². The van der Waals surface area contributed by atoms with Gasteiger partial charge in [0, 0.05) is 13.1 Å². The highest BCUT2D eigenvalue weighted by Crippen LogP contribution is 2.15. The van der Waals surface area contributed by atoms with Gasteiger partial charge >= 0.3 is 18.1 Å². The lowest BCUT2D eigenvalue weighted by Gasteiger charge is -2.15. The van der Waals surface area contributed by atoms with Crippen LogP contribution in [0.4, 0.5) is 9.59 Å². The topological polar surface area (TPSA) is 117 Å². The third-order valence-corrected chi connectivity index (χ3v) is 5.02. The van der Waals surface area contributed by atoms with E-state index < -0.39 is 24.1 Å². The smallest absolute Gasteiger partial charge is 0.407 e. The molecule has 1 unspecified atom stereocenters. The second-order valence-electron chi connectivity index (χ2n) is 7.53. The lowest BCUT2D eigenvalue weighted by Crippen LogP contribution is -2.46. The highest BCUT2D eigenvalue weighted by atomic mass is 16.5. The van der Waals surface area contributed by atoms with Gasteiger partial charge in [0.05, 0.1) is 0 Å². The van der Waals surface area contributed by atoms with Crippen LogP contribution >= 0.6 is 0 Å². The molecule has 0 spiro atoms. The van der Waals surface area contributed by atoms with Crippen molar-refractivity contribution in [2.45, 2.75) is 32.0 Å². The molecular weight excluding hydrogens is 422 g/mol. The van der Waals surface area contributed by atoms with Crippen molar-refractivity contribution in [3.63, 3.8) is 0 Å². The van der Waals surface area contributed by atoms with E-state index in [4.69, 9.17) is 4.74 Å². The molecule has 4 N–H and O–H groups in total. The summed E-state index contributed by atoms with van der Waals surface area (Å²) in [7, 11) is 0. The Labute approximate surface area is 191 Å². The molecule has 3 amide bonds. The third kappa shape index (κ3) is 7.84. The van der Waals surface area contributed by atoms with E-state index in [2.05, 4.69) is 16.0 Å². The average molecular weight is 450 g/mol. The van der Waals surface area contributed by atoms with Crippen molar-refractivity contribution >= 4 is 28.9 Å². The molecule has 3 rings (SSSR count). The number of carboxylic acid groups (broad SMARTS) is 1. The number of hydrogen-bond acceptors (Lipinski definition) is 4. The molecule has 172 valence electrons. The number of carbonyl (C=O) groups is 3. The van der Waals surface area contributed by atoms with Gasteiger partial charge in [-0.3, -0.25) is 0 Å². The number of amides is 3. The van der Waals surface area contributed by atoms with E-state index >= 15 is 0 Å². The number of carboxylic acids is 1. The van der Waals surface area contributed by atoms with Gasteiger partial charge in [0.2, 0.25) is 0 Å². The van der Waals surface area contributed by atoms with Crippen molar-refractivity contribution in [1.82, 2.24) is 16.0 Å². The van der Waals surface area contributed by atoms with Crippen LogP contribution in [0.25, 0.3) is 10.8 Å². The highest BCUT2D eigenvalue weighted by molar-refractivity contribution is 5.84. The number of carbonyl (C=O) groups excluding carboxylic acids is 2. The summed E-state index contributed by atoms with van der Waals surface area (Å²) < 4.78 is 5.10. The predicted octanol–water partition coefficient (Wildman–Crippen LogP) is 3.80. The number of urea groups is 1. The van der Waals surface area contributed by atoms with E-state index in [-0.39, 0.29) is 26.1 Å². The van der Waals surface area contributed by atoms with Crippen LogP contribution in [0.2, 0.25) is 0 Å². The van der Waals surface area contributed by atoms with Crippen molar-refractivity contribution in [3.8, 4) is 0 Å². The zero-order chi connectivity index (χ0) is 23.5. The lowest BCUT2D eigenvalue weighted by molar-refractivity contribution is -0.139. The van der Waals surface area contributed by atoms with Crippen LogP contribution < -0.4 is 16.0 Å². The second-order valence-corrected chi connectivity index (χ2v) is 7.53. The molecule has 0 bridgehead atoms. The van der Waals surface area contributed by atoms with Crippen LogP contribution in [-0.4, -0.2) is 35.8 Å². The molecule has 0 saturated carbocycles. The van der Waals surface area contributed by atoms with E-state index in [9.17, 15) is 19.5 Å². The van der Waals surface area contributed by atoms with Gasteiger partial charge in [-0.25, -0.2) is 14.4 Å². The molecule has 3 aromatic carbocycles. The number of hydrogen-bond donors (Lipinski definition) is 4. The molecule has 33 heavy (non-hydrogen) atoms. The summed E-state index contributed by atoms with van der Waals surface area (Å²) in [5.74, 6) is -1.14. The maximum absolute atomic E-state index is 12.2. The van der Waals surface area contributed by atoms with Crippen molar-refractivity contribution < 1.29 is 24.2 Å². The van der Waals surface area contributed by atoms with Crippen molar-refractivity contribution in [1.29, 1.82) is 0 Å². The number of ether oxygens (including phenoxy) is 1. The lowest BCUT2D eigenvalue weighted by atomic mass is 10.1. The Morgan fingerprint density at radius 1 is 0.848 bits per heavy atom. The number of aliphatic carboxylic acids is 1. The number of benzene rings is 3. The first-order valence-corrected chi connectivity index (χ1v) is 10.7. The number of alkyl carbamates (subject to hydrolysis) is 1. The standard InChI is InChI=1S/C25H27N3O5/c29-23(30)22(11-6-14-26-25(32)33-17-18-7-2-1-3-8-18)28-24(31)27-16-19-12-13-20-9-4-5-10-21(20)15-19/h1-5,7-10,12-13,15,22H,6,11,14,16-17H2,(H,26,32)(H,29,30)(H2,27,28,31). The Morgan fingerprint density at radius 2 is 1.58 bits per heavy atom. The molecule has 8 heteroatoms. The third-order valence-electron chi connectivity index (χ3n) is 5.02. The minimum absolute atomic E-state index is 0.156. The van der Waals surface area contributed by atoms with Crippen LogP contribution in [0, 0.1) is 0 Å². The van der Waals surface area contributed by atoms with Crippen LogP contribution in [0.5, 0.6) is 0 Å². The van der Waals surface area contributed by atoms with Crippen molar-refractivity contribution in [2.75, 3.05) is 6.54 Å². The summed E-state index contributed by atoms with van der Waals surface area (Å²) in [4.78, 5) is 35.4. The van der Waals surface area contributed by atoms with E-state index in [1.54, 1.807) is 0 Å². The van der Waals surface area contributed by atoms with Crippen LogP contribution in [0.1, 0.15) is 24.0 Å². The summed E-state index contributed by atoms with van der Waals surface area (Å²) in [5, 5.41) is 19.3. The van der Waals surface area contributed by atoms with Gasteiger partial charge in [0.15, 0.2) is 0 Å². The summed E-state index contributed by atoms with van der Waals surface area (Å²) in [6.45, 7) is 0.666. The van der Waals surface area contributed by atoms with Gasteiger partial charge in [0.1, 0.15) is 12.6 Å². The average Bonchev–Trinajstić information content (AvgIpc) is 2.83. The molecule has 0 aromatic heterocycles. The largest absolute Gasteiger partial charge is 0.480 e. The second kappa shape index (κ2) is 12.1. The first kappa shape index (κ1) is 23.6. The van der Waals surface area contributed by atoms with Gasteiger partial charge in [-0.2, -0.15) is 0 Å². The molecule has 0 aliphatic carbocycles. The fraction of sp³-hybridized carbons (Fsp3) is 0.240. The number of fused-ring (bicyclic) bond motifs is 1. The molecule has 3 aromatic rings. The van der Waals surface area contributed by atoms with E-state index in [1.807, 2.05) is 72.8 Å². The number of nitrogens with one attached hydrogen (secondary N) is 3. The zero-order valence-corrected chi connectivity index (χ0v) is 18.1. The van der Waals surface area contributed by atoms with E-state index in [1.165, 1.54) is 0 Å². The summed E-state index contributed by atoms with van der Waals surface area (Å²) in [5.41, 5.74) is 1.78. The molecule has 8 nitrogen and oxygen atoms in total. The van der Waals surface area contributed by atoms with Gasteiger partial charge < -0.3 is 25.8 Å². The summed E-state index contributed by atoms with van der Waals surface area (Å²) in [6.07, 6.45) is -0.0492. The molecule has 0 aliphatic heterocycles. The summed E-state index contributed by atoms with van der Waals surface area (Å²) >= 11 is 0. The van der Waals surface area contributed by atoms with Gasteiger partial charge in [-0.05, 0) is 40.8 Å². The molecule has 0 saturated heterocycles. The molecule has 0 radical (unpaired) electrons. The maximum Gasteiger partial charge on any atom is 0.407 e. The fourth-order valence-corrected chi connectivity index (χ4v) is 3.27. The first-order chi connectivity index (χ1) is 16.0. The van der Waals surface area contributed by atoms with Gasteiger partial charge in [-0.1, -0.05) is 66.7 Å². The van der Waals surface area contributed by atoms with Gasteiger partial charge in [0.25, 0.3) is 0 Å². The van der Waals surface area contributed by atoms with E-state index in [0.29, 0.717) is 6.42 Å². The highest BCUT2D eigenvalue weighted by Gasteiger charge is 2.19. The molecule has 1 atom stereocenters. The minimum Gasteiger partial charge on any atom is -0.480 e. The molecule has 0 aliphatic rings. The summed E-state index contributed by atoms with van der Waals surface area (Å²) in [6, 6.07) is 21.4. The van der Waals surface area contributed by atoms with Crippen LogP contribution in [0.3, 0.4) is 0 Å². The fourth-order valence-electron chi connectivity index (χ4n) is 3.27.